The van der Waals surface area contributed by atoms with Crippen molar-refractivity contribution in [3.63, 3.8) is 0 Å². The summed E-state index contributed by atoms with van der Waals surface area (Å²) in [4.78, 5) is 24.8. The van der Waals surface area contributed by atoms with Crippen molar-refractivity contribution < 1.29 is 18.4 Å². The number of ketones is 1. The maximum absolute atomic E-state index is 14.4. The van der Waals surface area contributed by atoms with Crippen molar-refractivity contribution in [2.24, 2.45) is 5.92 Å². The summed E-state index contributed by atoms with van der Waals surface area (Å²) < 4.78 is 28.8. The molecule has 1 saturated carbocycles. The molecule has 3 nitrogen and oxygen atoms in total. The molecule has 0 radical (unpaired) electrons. The number of nitrogens with one attached hydrogen (secondary N) is 1. The van der Waals surface area contributed by atoms with Crippen LogP contribution in [0.3, 0.4) is 0 Å². The van der Waals surface area contributed by atoms with Gasteiger partial charge in [-0.2, -0.15) is 0 Å². The van der Waals surface area contributed by atoms with E-state index >= 15 is 0 Å². The zero-order valence-corrected chi connectivity index (χ0v) is 15.8. The molecule has 1 aliphatic heterocycles. The Bertz CT molecular complexity index is 896. The van der Waals surface area contributed by atoms with Crippen LogP contribution in [0.4, 0.5) is 8.78 Å². The fraction of sp³-hybridized carbons (Fsp3) is 0.391. The molecule has 2 fully saturated rings. The minimum Gasteiger partial charge on any atom is -0.355 e. The van der Waals surface area contributed by atoms with Crippen molar-refractivity contribution in [2.75, 3.05) is 6.54 Å². The van der Waals surface area contributed by atoms with Gasteiger partial charge in [-0.3, -0.25) is 9.59 Å². The lowest BCUT2D eigenvalue weighted by Gasteiger charge is -2.18. The Labute approximate surface area is 163 Å². The van der Waals surface area contributed by atoms with Crippen LogP contribution < -0.4 is 5.32 Å². The fourth-order valence-electron chi connectivity index (χ4n) is 4.14. The number of benzene rings is 2. The molecule has 2 atom stereocenters. The highest BCUT2D eigenvalue weighted by atomic mass is 19.1. The first kappa shape index (κ1) is 18.8. The van der Waals surface area contributed by atoms with Crippen LogP contribution >= 0.6 is 0 Å². The van der Waals surface area contributed by atoms with Crippen LogP contribution in [-0.4, -0.2) is 18.2 Å². The van der Waals surface area contributed by atoms with Crippen LogP contribution in [0.2, 0.25) is 0 Å². The molecule has 4 rings (SSSR count). The molecule has 1 saturated heterocycles. The van der Waals surface area contributed by atoms with Crippen LogP contribution in [0.1, 0.15) is 53.4 Å². The van der Waals surface area contributed by atoms with Gasteiger partial charge in [0.05, 0.1) is 5.92 Å². The normalized spacial score (nSPS) is 21.6. The second-order valence-corrected chi connectivity index (χ2v) is 8.04. The highest BCUT2D eigenvalue weighted by Crippen LogP contribution is 2.40. The number of aryl methyl sites for hydroxylation is 1. The minimum absolute atomic E-state index is 0.0202. The van der Waals surface area contributed by atoms with Crippen LogP contribution in [0.5, 0.6) is 0 Å². The Morgan fingerprint density at radius 1 is 1.11 bits per heavy atom. The van der Waals surface area contributed by atoms with Crippen molar-refractivity contribution >= 4 is 11.7 Å². The lowest BCUT2D eigenvalue weighted by Crippen LogP contribution is -2.23. The zero-order valence-electron chi connectivity index (χ0n) is 15.8. The molecule has 0 bridgehead atoms. The number of hydrogen-bond acceptors (Lipinski definition) is 2. The Morgan fingerprint density at radius 2 is 1.75 bits per heavy atom. The number of Topliss-reactive ketones (excluding diaryl/α,β-unsaturated/α-hetero) is 1. The summed E-state index contributed by atoms with van der Waals surface area (Å²) in [7, 11) is 0. The standard InChI is InChI=1S/C23H23F2NO2/c1-13-8-20(24)22(21(25)9-13)19-12-26-23(28)18(19)11-17(27)10-14-2-4-15(5-3-14)16-6-7-16/h2-5,8-9,16,18-19H,6-7,10-12H2,1H3,(H,26,28)/t18-,19+/m0/s1. The van der Waals surface area contributed by atoms with Crippen LogP contribution in [0.25, 0.3) is 0 Å². The second kappa shape index (κ2) is 7.46. The van der Waals surface area contributed by atoms with E-state index in [1.807, 2.05) is 12.1 Å². The van der Waals surface area contributed by atoms with E-state index in [4.69, 9.17) is 0 Å². The van der Waals surface area contributed by atoms with E-state index in [0.29, 0.717) is 11.5 Å². The maximum atomic E-state index is 14.4. The van der Waals surface area contributed by atoms with E-state index in [1.165, 1.54) is 30.5 Å². The summed E-state index contributed by atoms with van der Waals surface area (Å²) in [5, 5.41) is 2.66. The minimum atomic E-state index is -0.745. The second-order valence-electron chi connectivity index (χ2n) is 8.04. The van der Waals surface area contributed by atoms with Gasteiger partial charge in [-0.25, -0.2) is 8.78 Å². The van der Waals surface area contributed by atoms with Crippen molar-refractivity contribution in [3.05, 3.63) is 70.3 Å². The van der Waals surface area contributed by atoms with E-state index < -0.39 is 23.5 Å². The first-order valence-electron chi connectivity index (χ1n) is 9.76. The fourth-order valence-corrected chi connectivity index (χ4v) is 4.14. The van der Waals surface area contributed by atoms with Gasteiger partial charge in [0.15, 0.2) is 0 Å². The number of hydrogen-bond donors (Lipinski definition) is 1. The molecule has 2 aromatic rings. The summed E-state index contributed by atoms with van der Waals surface area (Å²) in [6, 6.07) is 10.6. The van der Waals surface area contributed by atoms with Crippen LogP contribution in [0, 0.1) is 24.5 Å². The first-order chi connectivity index (χ1) is 13.4. The van der Waals surface area contributed by atoms with E-state index in [1.54, 1.807) is 6.92 Å². The zero-order chi connectivity index (χ0) is 19.8. The third-order valence-corrected chi connectivity index (χ3v) is 5.79. The smallest absolute Gasteiger partial charge is 0.224 e. The van der Waals surface area contributed by atoms with Crippen LogP contribution in [-0.2, 0) is 16.0 Å². The molecule has 2 aliphatic rings. The molecule has 28 heavy (non-hydrogen) atoms. The Hall–Kier alpha value is -2.56. The van der Waals surface area contributed by atoms with E-state index in [-0.39, 0.29) is 36.6 Å². The topological polar surface area (TPSA) is 46.2 Å². The Morgan fingerprint density at radius 3 is 2.36 bits per heavy atom. The summed E-state index contributed by atoms with van der Waals surface area (Å²) >= 11 is 0. The van der Waals surface area contributed by atoms with Gasteiger partial charge in [0.1, 0.15) is 17.4 Å². The van der Waals surface area contributed by atoms with Crippen molar-refractivity contribution in [2.45, 2.75) is 44.4 Å². The molecule has 1 heterocycles. The molecule has 0 aromatic heterocycles. The average Bonchev–Trinajstić information content (AvgIpc) is 3.42. The third kappa shape index (κ3) is 3.84. The number of rotatable bonds is 6. The van der Waals surface area contributed by atoms with Crippen molar-refractivity contribution in [3.8, 4) is 0 Å². The number of halogens is 2. The largest absolute Gasteiger partial charge is 0.355 e. The predicted molar refractivity (Wildman–Crippen MR) is 102 cm³/mol. The van der Waals surface area contributed by atoms with Gasteiger partial charge in [-0.05, 0) is 54.5 Å². The first-order valence-corrected chi connectivity index (χ1v) is 9.76. The molecule has 1 N–H and O–H groups in total. The monoisotopic (exact) mass is 383 g/mol. The predicted octanol–water partition coefficient (Wildman–Crippen LogP) is 4.18. The lowest BCUT2D eigenvalue weighted by molar-refractivity contribution is -0.127. The number of carbonyl (C=O) groups excluding carboxylic acids is 2. The lowest BCUT2D eigenvalue weighted by atomic mass is 9.83. The third-order valence-electron chi connectivity index (χ3n) is 5.79. The highest BCUT2D eigenvalue weighted by molar-refractivity contribution is 5.90. The van der Waals surface area contributed by atoms with E-state index in [0.717, 1.165) is 5.56 Å². The molecule has 2 aromatic carbocycles. The molecule has 0 spiro atoms. The summed E-state index contributed by atoms with van der Waals surface area (Å²) in [6.07, 6.45) is 2.65. The van der Waals surface area contributed by atoms with Gasteiger partial charge in [-0.1, -0.05) is 24.3 Å². The van der Waals surface area contributed by atoms with Gasteiger partial charge in [0.25, 0.3) is 0 Å². The van der Waals surface area contributed by atoms with Gasteiger partial charge in [0.2, 0.25) is 5.91 Å². The van der Waals surface area contributed by atoms with E-state index in [9.17, 15) is 18.4 Å². The molecular formula is C23H23F2NO2. The van der Waals surface area contributed by atoms with Crippen molar-refractivity contribution in [1.29, 1.82) is 0 Å². The summed E-state index contributed by atoms with van der Waals surface area (Å²) in [5.41, 5.74) is 2.59. The molecular weight excluding hydrogens is 360 g/mol. The van der Waals surface area contributed by atoms with Crippen molar-refractivity contribution in [1.82, 2.24) is 5.32 Å². The molecule has 5 heteroatoms. The molecule has 146 valence electrons. The Balaban J connectivity index is 1.47. The molecule has 1 amide bonds. The Kier molecular flexibility index (Phi) is 5.00. The number of carbonyl (C=O) groups is 2. The highest BCUT2D eigenvalue weighted by Gasteiger charge is 2.39. The van der Waals surface area contributed by atoms with E-state index in [2.05, 4.69) is 17.4 Å². The van der Waals surface area contributed by atoms with Crippen LogP contribution in [0.15, 0.2) is 36.4 Å². The average molecular weight is 383 g/mol. The summed E-state index contributed by atoms with van der Waals surface area (Å²) in [5.74, 6) is -2.49. The number of amides is 1. The van der Waals surface area contributed by atoms with Gasteiger partial charge >= 0.3 is 0 Å². The van der Waals surface area contributed by atoms with Gasteiger partial charge in [0, 0.05) is 30.9 Å². The quantitative estimate of drug-likeness (QED) is 0.813. The molecule has 1 aliphatic carbocycles. The van der Waals surface area contributed by atoms with Gasteiger partial charge in [-0.15, -0.1) is 0 Å². The summed E-state index contributed by atoms with van der Waals surface area (Å²) in [6.45, 7) is 1.76. The van der Waals surface area contributed by atoms with Gasteiger partial charge < -0.3 is 5.32 Å². The molecule has 0 unspecified atom stereocenters. The maximum Gasteiger partial charge on any atom is 0.224 e. The SMILES string of the molecule is Cc1cc(F)c([C@@H]2CNC(=O)[C@H]2CC(=O)Cc2ccc(C3CC3)cc2)c(F)c1.